The summed E-state index contributed by atoms with van der Waals surface area (Å²) in [6.07, 6.45) is 1.63. The standard InChI is InChI=1S/C19H23IN4O3S/c1-13(17(26)22-15-4-2-3-14(20)11-15)16(12-25)23-6-8-24(9-7-23)19(27)18-21-5-10-28-18/h2-5,10-11,13,16,25H,6-9,12H2,1H3,(H,22,26). The van der Waals surface area contributed by atoms with Crippen LogP contribution in [0, 0.1) is 9.49 Å². The summed E-state index contributed by atoms with van der Waals surface area (Å²) in [7, 11) is 0. The van der Waals surface area contributed by atoms with E-state index < -0.39 is 0 Å². The van der Waals surface area contributed by atoms with E-state index in [0.717, 1.165) is 9.26 Å². The molecule has 2 N–H and O–H groups in total. The highest BCUT2D eigenvalue weighted by Crippen LogP contribution is 2.19. The van der Waals surface area contributed by atoms with E-state index in [1.165, 1.54) is 11.3 Å². The average molecular weight is 514 g/mol. The van der Waals surface area contributed by atoms with Crippen LogP contribution in [0.4, 0.5) is 5.69 Å². The number of aliphatic hydroxyl groups excluding tert-OH is 1. The maximum Gasteiger partial charge on any atom is 0.282 e. The van der Waals surface area contributed by atoms with E-state index in [1.807, 2.05) is 31.2 Å². The number of nitrogens with zero attached hydrogens (tertiary/aromatic N) is 3. The van der Waals surface area contributed by atoms with E-state index in [9.17, 15) is 14.7 Å². The van der Waals surface area contributed by atoms with Gasteiger partial charge in [0.25, 0.3) is 5.91 Å². The molecular weight excluding hydrogens is 491 g/mol. The number of aromatic nitrogens is 1. The van der Waals surface area contributed by atoms with Gasteiger partial charge in [-0.1, -0.05) is 13.0 Å². The Kier molecular flexibility index (Phi) is 7.38. The lowest BCUT2D eigenvalue weighted by atomic mass is 9.99. The number of amides is 2. The first kappa shape index (κ1) is 21.2. The van der Waals surface area contributed by atoms with Gasteiger partial charge in [-0.05, 0) is 40.8 Å². The lowest BCUT2D eigenvalue weighted by molar-refractivity contribution is -0.122. The number of rotatable bonds is 6. The van der Waals surface area contributed by atoms with E-state index in [-0.39, 0.29) is 30.4 Å². The number of benzene rings is 1. The third-order valence-electron chi connectivity index (χ3n) is 4.96. The van der Waals surface area contributed by atoms with Crippen molar-refractivity contribution < 1.29 is 14.7 Å². The molecule has 3 rings (SSSR count). The second-order valence-corrected chi connectivity index (χ2v) is 8.84. The minimum atomic E-state index is -0.385. The summed E-state index contributed by atoms with van der Waals surface area (Å²) in [4.78, 5) is 33.0. The third-order valence-corrected chi connectivity index (χ3v) is 6.39. The molecule has 28 heavy (non-hydrogen) atoms. The van der Waals surface area contributed by atoms with Gasteiger partial charge in [0.2, 0.25) is 5.91 Å². The molecule has 0 saturated carbocycles. The maximum absolute atomic E-state index is 12.7. The van der Waals surface area contributed by atoms with Gasteiger partial charge in [-0.15, -0.1) is 11.3 Å². The largest absolute Gasteiger partial charge is 0.395 e. The van der Waals surface area contributed by atoms with Gasteiger partial charge in [0.1, 0.15) is 0 Å². The molecule has 1 aromatic carbocycles. The van der Waals surface area contributed by atoms with Crippen molar-refractivity contribution in [3.05, 3.63) is 44.4 Å². The number of hydrogen-bond acceptors (Lipinski definition) is 6. The molecule has 7 nitrogen and oxygen atoms in total. The number of halogens is 1. The molecular formula is C19H23IN4O3S. The fraction of sp³-hybridized carbons (Fsp3) is 0.421. The highest BCUT2D eigenvalue weighted by molar-refractivity contribution is 14.1. The summed E-state index contributed by atoms with van der Waals surface area (Å²) >= 11 is 3.54. The maximum atomic E-state index is 12.7. The molecule has 0 spiro atoms. The van der Waals surface area contributed by atoms with Crippen molar-refractivity contribution in [2.45, 2.75) is 13.0 Å². The monoisotopic (exact) mass is 514 g/mol. The Morgan fingerprint density at radius 1 is 1.32 bits per heavy atom. The third kappa shape index (κ3) is 5.07. The highest BCUT2D eigenvalue weighted by atomic mass is 127. The van der Waals surface area contributed by atoms with Crippen LogP contribution < -0.4 is 5.32 Å². The van der Waals surface area contributed by atoms with Crippen LogP contribution in [-0.2, 0) is 4.79 Å². The molecule has 0 bridgehead atoms. The number of aliphatic hydroxyl groups is 1. The smallest absolute Gasteiger partial charge is 0.282 e. The molecule has 1 aromatic heterocycles. The minimum absolute atomic E-state index is 0.0559. The quantitative estimate of drug-likeness (QED) is 0.578. The van der Waals surface area contributed by atoms with Gasteiger partial charge in [0.15, 0.2) is 5.01 Å². The second-order valence-electron chi connectivity index (χ2n) is 6.70. The number of hydrogen-bond donors (Lipinski definition) is 2. The molecule has 2 amide bonds. The summed E-state index contributed by atoms with van der Waals surface area (Å²) < 4.78 is 1.04. The lowest BCUT2D eigenvalue weighted by Gasteiger charge is -2.40. The van der Waals surface area contributed by atoms with Crippen LogP contribution in [0.5, 0.6) is 0 Å². The number of anilines is 1. The van der Waals surface area contributed by atoms with Gasteiger partial charge in [-0.2, -0.15) is 0 Å². The Balaban J connectivity index is 1.57. The molecule has 1 fully saturated rings. The normalized spacial score (nSPS) is 17.2. The van der Waals surface area contributed by atoms with E-state index >= 15 is 0 Å². The summed E-state index contributed by atoms with van der Waals surface area (Å²) in [6, 6.07) is 7.32. The van der Waals surface area contributed by atoms with Crippen molar-refractivity contribution in [1.29, 1.82) is 0 Å². The first-order chi connectivity index (χ1) is 13.5. The Labute approximate surface area is 181 Å². The predicted octanol–water partition coefficient (Wildman–Crippen LogP) is 2.14. The van der Waals surface area contributed by atoms with Gasteiger partial charge >= 0.3 is 0 Å². The number of carbonyl (C=O) groups is 2. The van der Waals surface area contributed by atoms with Crippen molar-refractivity contribution in [3.8, 4) is 0 Å². The number of piperazine rings is 1. The fourth-order valence-electron chi connectivity index (χ4n) is 3.31. The minimum Gasteiger partial charge on any atom is -0.395 e. The first-order valence-corrected chi connectivity index (χ1v) is 11.1. The van der Waals surface area contributed by atoms with Crippen molar-refractivity contribution in [1.82, 2.24) is 14.8 Å². The van der Waals surface area contributed by atoms with Gasteiger partial charge in [0.05, 0.1) is 12.5 Å². The topological polar surface area (TPSA) is 85.8 Å². The molecule has 1 aliphatic rings. The van der Waals surface area contributed by atoms with Gasteiger partial charge < -0.3 is 15.3 Å². The first-order valence-electron chi connectivity index (χ1n) is 9.09. The Morgan fingerprint density at radius 2 is 2.07 bits per heavy atom. The van der Waals surface area contributed by atoms with Crippen LogP contribution in [0.15, 0.2) is 35.8 Å². The summed E-state index contributed by atoms with van der Waals surface area (Å²) in [5.41, 5.74) is 0.749. The van der Waals surface area contributed by atoms with Crippen molar-refractivity contribution in [2.75, 3.05) is 38.1 Å². The SMILES string of the molecule is CC(C(=O)Nc1cccc(I)c1)C(CO)N1CCN(C(=O)c2nccs2)CC1. The van der Waals surface area contributed by atoms with Gasteiger partial charge in [-0.25, -0.2) is 4.98 Å². The highest BCUT2D eigenvalue weighted by Gasteiger charge is 2.32. The second kappa shape index (κ2) is 9.77. The zero-order chi connectivity index (χ0) is 20.1. The molecule has 0 radical (unpaired) electrons. The Morgan fingerprint density at radius 3 is 2.68 bits per heavy atom. The predicted molar refractivity (Wildman–Crippen MR) is 117 cm³/mol. The number of nitrogens with one attached hydrogen (secondary N) is 1. The van der Waals surface area contributed by atoms with Crippen LogP contribution in [0.2, 0.25) is 0 Å². The van der Waals surface area contributed by atoms with Gasteiger partial charge in [0, 0.05) is 53.1 Å². The molecule has 1 aliphatic heterocycles. The molecule has 150 valence electrons. The van der Waals surface area contributed by atoms with E-state index in [4.69, 9.17) is 0 Å². The van der Waals surface area contributed by atoms with Crippen molar-refractivity contribution in [2.24, 2.45) is 5.92 Å². The summed E-state index contributed by atoms with van der Waals surface area (Å²) in [6.45, 7) is 4.06. The van der Waals surface area contributed by atoms with Crippen LogP contribution in [0.3, 0.4) is 0 Å². The molecule has 2 aromatic rings. The van der Waals surface area contributed by atoms with E-state index in [1.54, 1.807) is 16.5 Å². The Hall–Kier alpha value is -1.56. The molecule has 9 heteroatoms. The zero-order valence-corrected chi connectivity index (χ0v) is 18.5. The molecule has 2 atom stereocenters. The van der Waals surface area contributed by atoms with E-state index in [2.05, 4.69) is 37.8 Å². The zero-order valence-electron chi connectivity index (χ0n) is 15.5. The van der Waals surface area contributed by atoms with Crippen LogP contribution >= 0.6 is 33.9 Å². The summed E-state index contributed by atoms with van der Waals surface area (Å²) in [5, 5.41) is 15.1. The van der Waals surface area contributed by atoms with Gasteiger partial charge in [-0.3, -0.25) is 14.5 Å². The number of thiazole rings is 1. The van der Waals surface area contributed by atoms with Crippen LogP contribution in [0.25, 0.3) is 0 Å². The molecule has 2 unspecified atom stereocenters. The van der Waals surface area contributed by atoms with Crippen molar-refractivity contribution in [3.63, 3.8) is 0 Å². The Bertz CT molecular complexity index is 809. The fourth-order valence-corrected chi connectivity index (χ4v) is 4.45. The molecule has 0 aliphatic carbocycles. The average Bonchev–Trinajstić information content (AvgIpc) is 3.23. The number of carbonyl (C=O) groups excluding carboxylic acids is 2. The molecule has 1 saturated heterocycles. The lowest BCUT2D eigenvalue weighted by Crippen LogP contribution is -2.55. The summed E-state index contributed by atoms with van der Waals surface area (Å²) in [5.74, 6) is -0.564. The van der Waals surface area contributed by atoms with Crippen LogP contribution in [0.1, 0.15) is 16.7 Å². The van der Waals surface area contributed by atoms with Crippen molar-refractivity contribution >= 4 is 51.4 Å². The molecule has 2 heterocycles. The van der Waals surface area contributed by atoms with E-state index in [0.29, 0.717) is 31.2 Å². The van der Waals surface area contributed by atoms with Crippen LogP contribution in [-0.4, -0.2) is 70.5 Å².